The lowest BCUT2D eigenvalue weighted by atomic mass is 9.64. The van der Waals surface area contributed by atoms with Gasteiger partial charge in [0.15, 0.2) is 0 Å². The van der Waals surface area contributed by atoms with Crippen LogP contribution in [0.15, 0.2) is 570 Å². The van der Waals surface area contributed by atoms with Crippen molar-refractivity contribution in [1.82, 2.24) is 9.13 Å². The van der Waals surface area contributed by atoms with Gasteiger partial charge in [0.2, 0.25) is 0 Å². The fraction of sp³-hybridized carbons (Fsp3) is 0.0143. The first-order chi connectivity index (χ1) is 72.5. The third kappa shape index (κ3) is 13.2. The molecule has 0 saturated heterocycles. The molecule has 146 heavy (non-hydrogen) atoms. The molecule has 4 heterocycles. The van der Waals surface area contributed by atoms with Gasteiger partial charge in [-0.05, 0) is 252 Å². The smallest absolute Gasteiger partial charge is 0.0755 e. The zero-order valence-electron chi connectivity index (χ0n) is 80.0. The van der Waals surface area contributed by atoms with Crippen LogP contribution < -0.4 is 19.6 Å². The van der Waals surface area contributed by atoms with Crippen LogP contribution in [0.5, 0.6) is 0 Å². The molecular formula is C140H94N6. The van der Waals surface area contributed by atoms with Crippen molar-refractivity contribution in [1.29, 1.82) is 0 Å². The highest BCUT2D eigenvalue weighted by atomic mass is 15.2. The van der Waals surface area contributed by atoms with E-state index in [2.05, 4.69) is 599 Å². The Kier molecular flexibility index (Phi) is 20.3. The lowest BCUT2D eigenvalue weighted by Gasteiger charge is -2.45. The molecule has 4 aliphatic rings. The van der Waals surface area contributed by atoms with E-state index in [9.17, 15) is 0 Å². The molecule has 2 aliphatic carbocycles. The van der Waals surface area contributed by atoms with Crippen molar-refractivity contribution >= 4 is 112 Å². The molecule has 29 rings (SSSR count). The van der Waals surface area contributed by atoms with Crippen LogP contribution >= 0.6 is 0 Å². The summed E-state index contributed by atoms with van der Waals surface area (Å²) in [5, 5.41) is 4.98. The van der Waals surface area contributed by atoms with Crippen molar-refractivity contribution in [3.8, 4) is 89.3 Å². The minimum atomic E-state index is -0.613. The van der Waals surface area contributed by atoms with Crippen LogP contribution in [-0.4, -0.2) is 9.13 Å². The predicted molar refractivity (Wildman–Crippen MR) is 609 cm³/mol. The van der Waals surface area contributed by atoms with Crippen LogP contribution in [0.25, 0.3) is 133 Å². The third-order valence-corrected chi connectivity index (χ3v) is 30.8. The Labute approximate surface area is 849 Å². The number of fused-ring (bicyclic) bond motifs is 24. The minimum absolute atomic E-state index is 0.605. The van der Waals surface area contributed by atoms with Crippen molar-refractivity contribution in [2.75, 3.05) is 19.6 Å². The summed E-state index contributed by atoms with van der Waals surface area (Å²) in [5.41, 5.74) is 46.2. The van der Waals surface area contributed by atoms with Crippen molar-refractivity contribution in [3.63, 3.8) is 0 Å². The van der Waals surface area contributed by atoms with E-state index >= 15 is 0 Å². The molecule has 2 spiro atoms. The Bertz CT molecular complexity index is 9240. The van der Waals surface area contributed by atoms with Crippen LogP contribution in [0, 0.1) is 0 Å². The second-order valence-electron chi connectivity index (χ2n) is 38.3. The second kappa shape index (κ2) is 35.0. The number of aromatic nitrogens is 2. The Balaban J connectivity index is 0.000000142. The van der Waals surface area contributed by atoms with Crippen LogP contribution in [0.2, 0.25) is 0 Å². The van der Waals surface area contributed by atoms with Gasteiger partial charge in [0.05, 0.1) is 78.4 Å². The van der Waals surface area contributed by atoms with Gasteiger partial charge in [0.1, 0.15) is 0 Å². The maximum atomic E-state index is 2.53. The summed E-state index contributed by atoms with van der Waals surface area (Å²) in [6.07, 6.45) is 0. The number of benzene rings is 23. The average Bonchev–Trinajstić information content (AvgIpc) is 1.50. The average molecular weight is 1860 g/mol. The molecule has 0 fully saturated rings. The number of hydrogen-bond donors (Lipinski definition) is 0. The zero-order chi connectivity index (χ0) is 96.3. The lowest BCUT2D eigenvalue weighted by Crippen LogP contribution is -2.36. The molecule has 2 aromatic heterocycles. The maximum absolute atomic E-state index is 2.53. The number of hydrogen-bond acceptors (Lipinski definition) is 4. The van der Waals surface area contributed by atoms with Crippen molar-refractivity contribution < 1.29 is 0 Å². The molecule has 0 atom stereocenters. The maximum Gasteiger partial charge on any atom is 0.0755 e. The van der Waals surface area contributed by atoms with Crippen LogP contribution in [0.4, 0.5) is 68.2 Å². The molecular weight excluding hydrogens is 1770 g/mol. The summed E-state index contributed by atoms with van der Waals surface area (Å²) in [5.74, 6) is 0. The predicted octanol–water partition coefficient (Wildman–Crippen LogP) is 37.1. The standard InChI is InChI=1S/C73H49N3.C67H45N3/c1-4-23-51(24-5-1)56-29-10-11-30-57(56)58-31-13-18-38-66(58)75(55-46-43-50(44-47-55)52-45-48-68-61(49-52)59-32-14-19-39-67(59)74(68)53-25-6-2-7-26-53)71-42-22-37-65-72(71)60-33-12-15-34-62(60)73(65)63-35-16-20-40-69(63)76(54-27-8-3-9-28-54)70-41-21-17-36-64(70)73;1-3-22-46(23-4-1)50-26-7-8-27-51(50)52-28-10-16-36-60(52)69(49-44-42-48(43-45-49)68-61-37-17-11-29-53(61)54-30-12-18-38-62(54)68)65-41-21-35-59-66(65)55-31-9-13-32-56(55)67(59)57-33-14-19-39-63(57)70(47-24-5-2-6-25-47)64-40-20-15-34-58(64)67/h1-49H;1-45H. The highest BCUT2D eigenvalue weighted by Gasteiger charge is 2.55. The zero-order valence-corrected chi connectivity index (χ0v) is 80.0. The first kappa shape index (κ1) is 84.9. The van der Waals surface area contributed by atoms with Crippen molar-refractivity contribution in [2.45, 2.75) is 10.8 Å². The number of nitrogens with zero attached hydrogens (tertiary/aromatic N) is 6. The van der Waals surface area contributed by atoms with Gasteiger partial charge in [-0.15, -0.1) is 0 Å². The lowest BCUT2D eigenvalue weighted by molar-refractivity contribution is 0.752. The van der Waals surface area contributed by atoms with Gasteiger partial charge in [-0.3, -0.25) is 0 Å². The summed E-state index contributed by atoms with van der Waals surface area (Å²) >= 11 is 0. The SMILES string of the molecule is c1ccc(-c2ccccc2-c2ccccc2N(c2ccc(-c3ccc4c(c3)c3ccccc3n4-c3ccccc3)cc2)c2cccc3c2-c2ccccc2C32c3ccccc3N(c3ccccc3)c3ccccc32)cc1.c1ccc(-c2ccccc2-c2ccccc2N(c2ccc(-n3c4ccccc4c4ccccc43)cc2)c2cccc3c2-c2ccccc2C32c3ccccc3N(c3ccccc3)c3ccccc32)cc1. The summed E-state index contributed by atoms with van der Waals surface area (Å²) in [7, 11) is 0. The number of para-hydroxylation sites is 12. The number of anilines is 12. The monoisotopic (exact) mass is 1860 g/mol. The summed E-state index contributed by atoms with van der Waals surface area (Å²) in [6, 6.07) is 210. The van der Waals surface area contributed by atoms with Gasteiger partial charge < -0.3 is 28.7 Å². The molecule has 0 bridgehead atoms. The summed E-state index contributed by atoms with van der Waals surface area (Å²) in [4.78, 5) is 9.96. The molecule has 0 saturated carbocycles. The normalized spacial score (nSPS) is 12.9. The first-order valence-corrected chi connectivity index (χ1v) is 50.5. The van der Waals surface area contributed by atoms with Gasteiger partial charge >= 0.3 is 0 Å². The Morgan fingerprint density at radius 2 is 0.425 bits per heavy atom. The first-order valence-electron chi connectivity index (χ1n) is 50.5. The third-order valence-electron chi connectivity index (χ3n) is 30.8. The van der Waals surface area contributed by atoms with Crippen molar-refractivity contribution in [3.05, 3.63) is 615 Å². The Morgan fingerprint density at radius 1 is 0.151 bits per heavy atom. The van der Waals surface area contributed by atoms with Gasteiger partial charge in [0, 0.05) is 77.9 Å². The quantitative estimate of drug-likeness (QED) is 0.102. The second-order valence-corrected chi connectivity index (χ2v) is 38.3. The molecule has 0 radical (unpaired) electrons. The minimum Gasteiger partial charge on any atom is -0.310 e. The van der Waals surface area contributed by atoms with E-state index in [1.165, 1.54) is 172 Å². The molecule has 6 heteroatoms. The molecule has 2 aliphatic heterocycles. The van der Waals surface area contributed by atoms with E-state index in [1.54, 1.807) is 0 Å². The topological polar surface area (TPSA) is 22.8 Å². The molecule has 6 nitrogen and oxygen atoms in total. The summed E-state index contributed by atoms with van der Waals surface area (Å²) < 4.78 is 4.78. The van der Waals surface area contributed by atoms with Gasteiger partial charge in [0.25, 0.3) is 0 Å². The molecule has 684 valence electrons. The fourth-order valence-corrected chi connectivity index (χ4v) is 24.9. The largest absolute Gasteiger partial charge is 0.310 e. The van der Waals surface area contributed by atoms with Crippen LogP contribution in [0.3, 0.4) is 0 Å². The van der Waals surface area contributed by atoms with E-state index in [1.807, 2.05) is 0 Å². The molecule has 0 N–H and O–H groups in total. The van der Waals surface area contributed by atoms with Crippen molar-refractivity contribution in [2.24, 2.45) is 0 Å². The highest BCUT2D eigenvalue weighted by Crippen LogP contribution is 2.69. The molecule has 23 aromatic carbocycles. The fourth-order valence-electron chi connectivity index (χ4n) is 24.9. The molecule has 25 aromatic rings. The van der Waals surface area contributed by atoms with E-state index in [-0.39, 0.29) is 0 Å². The van der Waals surface area contributed by atoms with Crippen LogP contribution in [-0.2, 0) is 10.8 Å². The molecule has 0 amide bonds. The Hall–Kier alpha value is -19.1. The Morgan fingerprint density at radius 3 is 0.829 bits per heavy atom. The number of rotatable bonds is 15. The van der Waals surface area contributed by atoms with Crippen LogP contribution in [0.1, 0.15) is 44.5 Å². The summed E-state index contributed by atoms with van der Waals surface area (Å²) in [6.45, 7) is 0. The van der Waals surface area contributed by atoms with E-state index < -0.39 is 10.8 Å². The van der Waals surface area contributed by atoms with E-state index in [0.29, 0.717) is 0 Å². The highest BCUT2D eigenvalue weighted by molar-refractivity contribution is 6.13. The van der Waals surface area contributed by atoms with Gasteiger partial charge in [-0.1, -0.05) is 419 Å². The molecule has 0 unspecified atom stereocenters. The van der Waals surface area contributed by atoms with E-state index in [0.717, 1.165) is 73.6 Å². The van der Waals surface area contributed by atoms with Gasteiger partial charge in [-0.25, -0.2) is 0 Å². The van der Waals surface area contributed by atoms with Gasteiger partial charge in [-0.2, -0.15) is 0 Å². The van der Waals surface area contributed by atoms with E-state index in [4.69, 9.17) is 0 Å².